The molecule has 1 amide bonds. The molecule has 94 valence electrons. The summed E-state index contributed by atoms with van der Waals surface area (Å²) < 4.78 is 0. The van der Waals surface area contributed by atoms with E-state index < -0.39 is 29.4 Å². The molecule has 6 heteroatoms. The SMILES string of the molecule is CC(O)(CNC(=O)C1(C#N)CCCC1)C(=O)O. The Balaban J connectivity index is 2.62. The fraction of sp³-hybridized carbons (Fsp3) is 0.727. The maximum Gasteiger partial charge on any atom is 0.337 e. The summed E-state index contributed by atoms with van der Waals surface area (Å²) in [4.78, 5) is 22.5. The van der Waals surface area contributed by atoms with Crippen LogP contribution in [0.1, 0.15) is 32.6 Å². The number of carboxylic acid groups (broad SMARTS) is 1. The highest BCUT2D eigenvalue weighted by Crippen LogP contribution is 2.37. The molecule has 0 aromatic carbocycles. The van der Waals surface area contributed by atoms with E-state index in [1.54, 1.807) is 0 Å². The largest absolute Gasteiger partial charge is 0.479 e. The average molecular weight is 240 g/mol. The summed E-state index contributed by atoms with van der Waals surface area (Å²) in [6.07, 6.45) is 2.61. The Kier molecular flexibility index (Phi) is 3.73. The Labute approximate surface area is 99.2 Å². The number of nitrogens with one attached hydrogen (secondary N) is 1. The van der Waals surface area contributed by atoms with Crippen LogP contribution in [-0.4, -0.2) is 34.2 Å². The lowest BCUT2D eigenvalue weighted by molar-refractivity contribution is -0.156. The molecule has 0 spiro atoms. The van der Waals surface area contributed by atoms with Crippen molar-refractivity contribution >= 4 is 11.9 Å². The first-order chi connectivity index (χ1) is 7.84. The first-order valence-electron chi connectivity index (χ1n) is 5.49. The number of carbonyl (C=O) groups excluding carboxylic acids is 1. The van der Waals surface area contributed by atoms with Crippen molar-refractivity contribution in [2.75, 3.05) is 6.54 Å². The van der Waals surface area contributed by atoms with Gasteiger partial charge in [-0.25, -0.2) is 4.79 Å². The van der Waals surface area contributed by atoms with E-state index in [1.165, 1.54) is 0 Å². The second kappa shape index (κ2) is 4.72. The Morgan fingerprint density at radius 1 is 1.47 bits per heavy atom. The number of rotatable bonds is 4. The Morgan fingerprint density at radius 2 is 2.00 bits per heavy atom. The molecule has 0 radical (unpaired) electrons. The van der Waals surface area contributed by atoms with Gasteiger partial charge in [-0.1, -0.05) is 12.8 Å². The number of hydrogen-bond acceptors (Lipinski definition) is 4. The van der Waals surface area contributed by atoms with Crippen LogP contribution in [0.5, 0.6) is 0 Å². The van der Waals surface area contributed by atoms with Crippen LogP contribution in [0.15, 0.2) is 0 Å². The molecule has 6 nitrogen and oxygen atoms in total. The monoisotopic (exact) mass is 240 g/mol. The van der Waals surface area contributed by atoms with Gasteiger partial charge in [-0.05, 0) is 19.8 Å². The molecule has 1 rings (SSSR count). The molecular weight excluding hydrogens is 224 g/mol. The maximum atomic E-state index is 11.8. The van der Waals surface area contributed by atoms with E-state index in [0.717, 1.165) is 19.8 Å². The lowest BCUT2D eigenvalue weighted by Crippen LogP contribution is -2.49. The second-order valence-corrected chi connectivity index (χ2v) is 4.66. The number of aliphatic hydroxyl groups is 1. The minimum Gasteiger partial charge on any atom is -0.479 e. The standard InChI is InChI=1S/C11H16N2O4/c1-10(17,9(15)16)7-13-8(14)11(6-12)4-2-3-5-11/h17H,2-5,7H2,1H3,(H,13,14)(H,15,16). The van der Waals surface area contributed by atoms with Gasteiger partial charge in [-0.3, -0.25) is 4.79 Å². The van der Waals surface area contributed by atoms with Crippen molar-refractivity contribution < 1.29 is 19.8 Å². The van der Waals surface area contributed by atoms with E-state index in [9.17, 15) is 14.7 Å². The van der Waals surface area contributed by atoms with Crippen LogP contribution < -0.4 is 5.32 Å². The van der Waals surface area contributed by atoms with Crippen molar-refractivity contribution in [1.82, 2.24) is 5.32 Å². The summed E-state index contributed by atoms with van der Waals surface area (Å²) in [7, 11) is 0. The minimum absolute atomic E-state index is 0.398. The van der Waals surface area contributed by atoms with Gasteiger partial charge in [0.1, 0.15) is 5.41 Å². The minimum atomic E-state index is -2.01. The zero-order chi connectivity index (χ0) is 13.1. The highest BCUT2D eigenvalue weighted by Gasteiger charge is 2.42. The zero-order valence-corrected chi connectivity index (χ0v) is 9.69. The first-order valence-corrected chi connectivity index (χ1v) is 5.49. The van der Waals surface area contributed by atoms with Crippen molar-refractivity contribution in [2.24, 2.45) is 5.41 Å². The predicted octanol–water partition coefficient (Wildman–Crippen LogP) is 0.0222. The van der Waals surface area contributed by atoms with Crippen LogP contribution in [0, 0.1) is 16.7 Å². The van der Waals surface area contributed by atoms with Crippen LogP contribution in [0.2, 0.25) is 0 Å². The van der Waals surface area contributed by atoms with Crippen LogP contribution in [0.25, 0.3) is 0 Å². The normalized spacial score (nSPS) is 21.2. The fourth-order valence-corrected chi connectivity index (χ4v) is 1.87. The van der Waals surface area contributed by atoms with Gasteiger partial charge in [0.05, 0.1) is 12.6 Å². The van der Waals surface area contributed by atoms with E-state index in [-0.39, 0.29) is 0 Å². The van der Waals surface area contributed by atoms with Gasteiger partial charge in [0, 0.05) is 0 Å². The number of nitrogens with zero attached hydrogens (tertiary/aromatic N) is 1. The molecule has 0 saturated heterocycles. The summed E-state index contributed by atoms with van der Waals surface area (Å²) in [5, 5.41) is 29.5. The molecule has 0 aromatic heterocycles. The van der Waals surface area contributed by atoms with Crippen molar-refractivity contribution in [3.63, 3.8) is 0 Å². The molecule has 3 N–H and O–H groups in total. The summed E-state index contributed by atoms with van der Waals surface area (Å²) >= 11 is 0. The third kappa shape index (κ3) is 2.74. The summed E-state index contributed by atoms with van der Waals surface area (Å²) in [5.74, 6) is -1.89. The lowest BCUT2D eigenvalue weighted by atomic mass is 9.87. The molecule has 1 aliphatic rings. The van der Waals surface area contributed by atoms with Gasteiger partial charge in [0.25, 0.3) is 0 Å². The Morgan fingerprint density at radius 3 is 2.41 bits per heavy atom. The molecule has 1 unspecified atom stereocenters. The number of amides is 1. The third-order valence-corrected chi connectivity index (χ3v) is 3.16. The summed E-state index contributed by atoms with van der Waals surface area (Å²) in [5.41, 5.74) is -3.06. The van der Waals surface area contributed by atoms with E-state index in [0.29, 0.717) is 12.8 Å². The Hall–Kier alpha value is -1.61. The van der Waals surface area contributed by atoms with Crippen LogP contribution >= 0.6 is 0 Å². The molecule has 0 aromatic rings. The predicted molar refractivity (Wildman–Crippen MR) is 57.8 cm³/mol. The van der Waals surface area contributed by atoms with Crippen molar-refractivity contribution in [2.45, 2.75) is 38.2 Å². The fourth-order valence-electron chi connectivity index (χ4n) is 1.87. The van der Waals surface area contributed by atoms with Gasteiger partial charge in [-0.2, -0.15) is 5.26 Å². The van der Waals surface area contributed by atoms with E-state index in [1.807, 2.05) is 6.07 Å². The topological polar surface area (TPSA) is 110 Å². The van der Waals surface area contributed by atoms with Crippen molar-refractivity contribution in [3.8, 4) is 6.07 Å². The third-order valence-electron chi connectivity index (χ3n) is 3.16. The Bertz CT molecular complexity index is 364. The molecule has 0 aliphatic heterocycles. The number of hydrogen-bond donors (Lipinski definition) is 3. The van der Waals surface area contributed by atoms with Gasteiger partial charge >= 0.3 is 5.97 Å². The first kappa shape index (κ1) is 13.5. The lowest BCUT2D eigenvalue weighted by Gasteiger charge is -2.23. The number of aliphatic carboxylic acids is 1. The molecule has 0 bridgehead atoms. The van der Waals surface area contributed by atoms with E-state index >= 15 is 0 Å². The van der Waals surface area contributed by atoms with Gasteiger partial charge in [-0.15, -0.1) is 0 Å². The number of nitriles is 1. The molecule has 17 heavy (non-hydrogen) atoms. The molecule has 0 heterocycles. The van der Waals surface area contributed by atoms with Crippen LogP contribution in [0.3, 0.4) is 0 Å². The second-order valence-electron chi connectivity index (χ2n) is 4.66. The van der Waals surface area contributed by atoms with E-state index in [2.05, 4.69) is 5.32 Å². The zero-order valence-electron chi connectivity index (χ0n) is 9.69. The average Bonchev–Trinajstić information content (AvgIpc) is 2.75. The molecule has 1 aliphatic carbocycles. The van der Waals surface area contributed by atoms with Crippen LogP contribution in [-0.2, 0) is 9.59 Å². The summed E-state index contributed by atoms with van der Waals surface area (Å²) in [6, 6.07) is 2.00. The highest BCUT2D eigenvalue weighted by molar-refractivity contribution is 5.86. The highest BCUT2D eigenvalue weighted by atomic mass is 16.4. The smallest absolute Gasteiger partial charge is 0.337 e. The maximum absolute atomic E-state index is 11.8. The van der Waals surface area contributed by atoms with Gasteiger partial charge in [0.15, 0.2) is 5.60 Å². The van der Waals surface area contributed by atoms with Crippen LogP contribution in [0.4, 0.5) is 0 Å². The molecule has 1 saturated carbocycles. The van der Waals surface area contributed by atoms with Crippen molar-refractivity contribution in [1.29, 1.82) is 5.26 Å². The molecule has 1 atom stereocenters. The van der Waals surface area contributed by atoms with Crippen molar-refractivity contribution in [3.05, 3.63) is 0 Å². The summed E-state index contributed by atoms with van der Waals surface area (Å²) in [6.45, 7) is 0.702. The number of carbonyl (C=O) groups is 2. The molecular formula is C11H16N2O4. The van der Waals surface area contributed by atoms with Gasteiger partial charge in [0.2, 0.25) is 5.91 Å². The van der Waals surface area contributed by atoms with E-state index in [4.69, 9.17) is 10.4 Å². The number of carboxylic acids is 1. The quantitative estimate of drug-likeness (QED) is 0.641. The molecule has 1 fully saturated rings. The van der Waals surface area contributed by atoms with Gasteiger partial charge < -0.3 is 15.5 Å².